The number of aliphatic hydroxyl groups excluding tert-OH is 1. The lowest BCUT2D eigenvalue weighted by atomic mass is 10.0. The Morgan fingerprint density at radius 3 is 2.71 bits per heavy atom. The Morgan fingerprint density at radius 2 is 2.12 bits per heavy atom. The van der Waals surface area contributed by atoms with E-state index in [0.717, 1.165) is 6.26 Å². The molecule has 3 nitrogen and oxygen atoms in total. The van der Waals surface area contributed by atoms with Crippen molar-refractivity contribution in [3.8, 4) is 0 Å². The van der Waals surface area contributed by atoms with Crippen molar-refractivity contribution >= 4 is 21.4 Å². The second-order valence-electron chi connectivity index (χ2n) is 3.95. The van der Waals surface area contributed by atoms with Gasteiger partial charge in [-0.05, 0) is 31.0 Å². The summed E-state index contributed by atoms with van der Waals surface area (Å²) in [6, 6.07) is 3.92. The van der Waals surface area contributed by atoms with Crippen LogP contribution in [0.5, 0.6) is 0 Å². The lowest BCUT2D eigenvalue weighted by Gasteiger charge is -2.11. The van der Waals surface area contributed by atoms with Crippen LogP contribution in [0, 0.1) is 5.82 Å². The average molecular weight is 281 g/mol. The molecule has 1 N–H and O–H groups in total. The number of aliphatic hydroxyl groups is 1. The molecular weight excluding hydrogens is 267 g/mol. The lowest BCUT2D eigenvalue weighted by Crippen LogP contribution is -2.06. The smallest absolute Gasteiger partial charge is 0.147 e. The zero-order valence-corrected chi connectivity index (χ0v) is 10.9. The Bertz CT molecular complexity index is 487. The first-order valence-corrected chi connectivity index (χ1v) is 7.54. The highest BCUT2D eigenvalue weighted by molar-refractivity contribution is 7.90. The first kappa shape index (κ1) is 14.4. The molecule has 0 aliphatic rings. The van der Waals surface area contributed by atoms with Gasteiger partial charge < -0.3 is 5.11 Å². The van der Waals surface area contributed by atoms with E-state index < -0.39 is 21.8 Å². The topological polar surface area (TPSA) is 54.4 Å². The fourth-order valence-electron chi connectivity index (χ4n) is 1.46. The van der Waals surface area contributed by atoms with Crippen molar-refractivity contribution < 1.29 is 17.9 Å². The van der Waals surface area contributed by atoms with Crippen LogP contribution in [0.25, 0.3) is 0 Å². The van der Waals surface area contributed by atoms with Crippen LogP contribution in [0.2, 0.25) is 5.02 Å². The Labute approximate surface area is 105 Å². The fraction of sp³-hybridized carbons (Fsp3) is 0.455. The summed E-state index contributed by atoms with van der Waals surface area (Å²) in [6.07, 6.45) is 0.561. The van der Waals surface area contributed by atoms with Gasteiger partial charge in [0.2, 0.25) is 0 Å². The zero-order valence-electron chi connectivity index (χ0n) is 9.36. The van der Waals surface area contributed by atoms with Gasteiger partial charge in [0.1, 0.15) is 15.7 Å². The van der Waals surface area contributed by atoms with E-state index >= 15 is 0 Å². The fourth-order valence-corrected chi connectivity index (χ4v) is 2.34. The van der Waals surface area contributed by atoms with Crippen molar-refractivity contribution in [2.45, 2.75) is 18.9 Å². The quantitative estimate of drug-likeness (QED) is 0.901. The summed E-state index contributed by atoms with van der Waals surface area (Å²) in [4.78, 5) is 0. The molecule has 0 aliphatic carbocycles. The van der Waals surface area contributed by atoms with Crippen molar-refractivity contribution in [1.29, 1.82) is 0 Å². The van der Waals surface area contributed by atoms with Gasteiger partial charge in [-0.3, -0.25) is 0 Å². The van der Waals surface area contributed by atoms with Crippen LogP contribution in [0.15, 0.2) is 18.2 Å². The average Bonchev–Trinajstić information content (AvgIpc) is 2.19. The van der Waals surface area contributed by atoms with Crippen LogP contribution in [0.1, 0.15) is 24.5 Å². The number of sulfone groups is 1. The van der Waals surface area contributed by atoms with Gasteiger partial charge in [0.05, 0.1) is 6.10 Å². The number of benzene rings is 1. The summed E-state index contributed by atoms with van der Waals surface area (Å²) in [6.45, 7) is 0. The standard InChI is InChI=1S/C11H14ClFO3S/c1-17(15,16)6-2-3-11(14)9-7-8(12)4-5-10(9)13/h4-5,7,11,14H,2-3,6H2,1H3. The van der Waals surface area contributed by atoms with Crippen LogP contribution >= 0.6 is 11.6 Å². The van der Waals surface area contributed by atoms with E-state index in [9.17, 15) is 17.9 Å². The molecule has 0 saturated heterocycles. The molecule has 0 heterocycles. The molecular formula is C11H14ClFO3S. The second-order valence-corrected chi connectivity index (χ2v) is 6.65. The van der Waals surface area contributed by atoms with Crippen molar-refractivity contribution in [2.75, 3.05) is 12.0 Å². The predicted molar refractivity (Wildman–Crippen MR) is 65.3 cm³/mol. The van der Waals surface area contributed by atoms with E-state index in [1.807, 2.05) is 0 Å². The molecule has 6 heteroatoms. The minimum absolute atomic E-state index is 0.0216. The number of hydrogen-bond acceptors (Lipinski definition) is 3. The minimum atomic E-state index is -3.05. The van der Waals surface area contributed by atoms with Gasteiger partial charge in [0, 0.05) is 22.6 Å². The van der Waals surface area contributed by atoms with Gasteiger partial charge in [-0.2, -0.15) is 0 Å². The molecule has 1 aromatic carbocycles. The maximum Gasteiger partial charge on any atom is 0.147 e. The maximum absolute atomic E-state index is 13.3. The van der Waals surface area contributed by atoms with Crippen LogP contribution < -0.4 is 0 Å². The van der Waals surface area contributed by atoms with E-state index in [1.165, 1.54) is 18.2 Å². The van der Waals surface area contributed by atoms with Crippen LogP contribution in [0.3, 0.4) is 0 Å². The number of rotatable bonds is 5. The molecule has 0 aromatic heterocycles. The van der Waals surface area contributed by atoms with Crippen LogP contribution in [-0.2, 0) is 9.84 Å². The Hall–Kier alpha value is -0.650. The molecule has 1 atom stereocenters. The second kappa shape index (κ2) is 5.80. The molecule has 1 unspecified atom stereocenters. The monoisotopic (exact) mass is 280 g/mol. The van der Waals surface area contributed by atoms with Gasteiger partial charge in [-0.1, -0.05) is 11.6 Å². The van der Waals surface area contributed by atoms with Gasteiger partial charge in [0.15, 0.2) is 0 Å². The highest BCUT2D eigenvalue weighted by atomic mass is 35.5. The van der Waals surface area contributed by atoms with Crippen molar-refractivity contribution in [3.05, 3.63) is 34.6 Å². The number of halogens is 2. The summed E-state index contributed by atoms with van der Waals surface area (Å²) < 4.78 is 35.1. The molecule has 0 fully saturated rings. The van der Waals surface area contributed by atoms with E-state index in [1.54, 1.807) is 0 Å². The van der Waals surface area contributed by atoms with E-state index in [0.29, 0.717) is 5.02 Å². The molecule has 17 heavy (non-hydrogen) atoms. The molecule has 0 amide bonds. The first-order valence-electron chi connectivity index (χ1n) is 5.10. The molecule has 0 spiro atoms. The van der Waals surface area contributed by atoms with Gasteiger partial charge in [0.25, 0.3) is 0 Å². The highest BCUT2D eigenvalue weighted by Gasteiger charge is 2.14. The lowest BCUT2D eigenvalue weighted by molar-refractivity contribution is 0.162. The molecule has 1 rings (SSSR count). The highest BCUT2D eigenvalue weighted by Crippen LogP contribution is 2.24. The molecule has 0 radical (unpaired) electrons. The zero-order chi connectivity index (χ0) is 13.1. The van der Waals surface area contributed by atoms with E-state index in [4.69, 9.17) is 11.6 Å². The third-order valence-electron chi connectivity index (χ3n) is 2.31. The third kappa shape index (κ3) is 5.02. The van der Waals surface area contributed by atoms with Crippen molar-refractivity contribution in [3.63, 3.8) is 0 Å². The SMILES string of the molecule is CS(=O)(=O)CCCC(O)c1cc(Cl)ccc1F. The van der Waals surface area contributed by atoms with Crippen molar-refractivity contribution in [1.82, 2.24) is 0 Å². The van der Waals surface area contributed by atoms with Gasteiger partial charge in [-0.15, -0.1) is 0 Å². The van der Waals surface area contributed by atoms with E-state index in [-0.39, 0.29) is 24.2 Å². The normalized spacial score (nSPS) is 13.6. The van der Waals surface area contributed by atoms with Crippen LogP contribution in [-0.4, -0.2) is 25.5 Å². The molecule has 96 valence electrons. The summed E-state index contributed by atoms with van der Waals surface area (Å²) in [5.74, 6) is -0.562. The molecule has 1 aromatic rings. The molecule has 0 saturated carbocycles. The van der Waals surface area contributed by atoms with Crippen molar-refractivity contribution in [2.24, 2.45) is 0 Å². The number of hydrogen-bond donors (Lipinski definition) is 1. The summed E-state index contributed by atoms with van der Waals surface area (Å²) in [7, 11) is -3.05. The van der Waals surface area contributed by atoms with E-state index in [2.05, 4.69) is 0 Å². The van der Waals surface area contributed by atoms with Gasteiger partial charge in [-0.25, -0.2) is 12.8 Å². The van der Waals surface area contributed by atoms with Crippen LogP contribution in [0.4, 0.5) is 4.39 Å². The molecule has 0 aliphatic heterocycles. The Balaban J connectivity index is 2.64. The summed E-state index contributed by atoms with van der Waals surface area (Å²) in [5.41, 5.74) is 0.103. The Morgan fingerprint density at radius 1 is 1.47 bits per heavy atom. The first-order chi connectivity index (χ1) is 7.79. The Kier molecular flexibility index (Phi) is 4.91. The third-order valence-corrected chi connectivity index (χ3v) is 3.58. The maximum atomic E-state index is 13.3. The summed E-state index contributed by atoms with van der Waals surface area (Å²) in [5, 5.41) is 10.1. The molecule has 0 bridgehead atoms. The predicted octanol–water partition coefficient (Wildman–Crippen LogP) is 2.34. The largest absolute Gasteiger partial charge is 0.388 e. The minimum Gasteiger partial charge on any atom is -0.388 e. The summed E-state index contributed by atoms with van der Waals surface area (Å²) >= 11 is 5.69. The van der Waals surface area contributed by atoms with Gasteiger partial charge >= 0.3 is 0 Å².